The fourth-order valence-corrected chi connectivity index (χ4v) is 2.02. The zero-order valence-corrected chi connectivity index (χ0v) is 9.13. The molecule has 0 saturated heterocycles. The predicted molar refractivity (Wildman–Crippen MR) is 50.1 cm³/mol. The second-order valence-electron chi connectivity index (χ2n) is 2.46. The standard InChI is InChI=1S/C6H3Cl2F2NO3S/c7-2-1-3(15(8,13)14)6(12)11-4(2)5(9)10/h1,5H,(H,11,12). The maximum atomic E-state index is 12.2. The van der Waals surface area contributed by atoms with Crippen molar-refractivity contribution in [3.05, 3.63) is 27.1 Å². The Kier molecular flexibility index (Phi) is 3.37. The summed E-state index contributed by atoms with van der Waals surface area (Å²) in [5, 5.41) is -0.566. The Morgan fingerprint density at radius 1 is 1.40 bits per heavy atom. The van der Waals surface area contributed by atoms with E-state index in [9.17, 15) is 22.0 Å². The van der Waals surface area contributed by atoms with Crippen LogP contribution < -0.4 is 5.56 Å². The number of alkyl halides is 2. The zero-order chi connectivity index (χ0) is 11.8. The summed E-state index contributed by atoms with van der Waals surface area (Å²) >= 11 is 5.33. The highest BCUT2D eigenvalue weighted by Crippen LogP contribution is 2.25. The lowest BCUT2D eigenvalue weighted by atomic mass is 10.3. The van der Waals surface area contributed by atoms with Crippen LogP contribution in [0.15, 0.2) is 15.8 Å². The third-order valence-electron chi connectivity index (χ3n) is 1.47. The molecular formula is C6H3Cl2F2NO3S. The summed E-state index contributed by atoms with van der Waals surface area (Å²) in [6.07, 6.45) is -3.00. The molecular weight excluding hydrogens is 275 g/mol. The van der Waals surface area contributed by atoms with E-state index >= 15 is 0 Å². The van der Waals surface area contributed by atoms with Gasteiger partial charge in [-0.2, -0.15) is 0 Å². The summed E-state index contributed by atoms with van der Waals surface area (Å²) in [6, 6.07) is 0.588. The minimum absolute atomic E-state index is 0.566. The summed E-state index contributed by atoms with van der Waals surface area (Å²) in [5.41, 5.74) is -2.07. The maximum Gasteiger partial charge on any atom is 0.279 e. The summed E-state index contributed by atoms with van der Waals surface area (Å²) < 4.78 is 46.0. The van der Waals surface area contributed by atoms with Crippen LogP contribution in [-0.2, 0) is 9.05 Å². The molecule has 0 aliphatic carbocycles. The molecule has 1 rings (SSSR count). The Morgan fingerprint density at radius 2 is 1.93 bits per heavy atom. The number of hydrogen-bond donors (Lipinski definition) is 1. The van der Waals surface area contributed by atoms with E-state index in [-0.39, 0.29) is 0 Å². The Bertz CT molecular complexity index is 540. The van der Waals surface area contributed by atoms with Gasteiger partial charge in [0.05, 0.1) is 5.02 Å². The Labute approximate surface area is 92.2 Å². The van der Waals surface area contributed by atoms with Gasteiger partial charge in [0.2, 0.25) is 0 Å². The minimum atomic E-state index is -4.30. The summed E-state index contributed by atoms with van der Waals surface area (Å²) in [7, 11) is 0.574. The molecule has 0 aliphatic heterocycles. The quantitative estimate of drug-likeness (QED) is 0.840. The molecule has 84 valence electrons. The summed E-state index contributed by atoms with van der Waals surface area (Å²) in [5.74, 6) is 0. The Hall–Kier alpha value is -0.660. The first-order chi connectivity index (χ1) is 6.73. The van der Waals surface area contributed by atoms with Gasteiger partial charge in [-0.25, -0.2) is 17.2 Å². The summed E-state index contributed by atoms with van der Waals surface area (Å²) in [6.45, 7) is 0. The molecule has 0 bridgehead atoms. The van der Waals surface area contributed by atoms with Crippen LogP contribution >= 0.6 is 22.3 Å². The molecule has 4 nitrogen and oxygen atoms in total. The first kappa shape index (κ1) is 12.4. The minimum Gasteiger partial charge on any atom is -0.319 e. The van der Waals surface area contributed by atoms with Crippen molar-refractivity contribution in [2.24, 2.45) is 0 Å². The van der Waals surface area contributed by atoms with Crippen molar-refractivity contribution in [1.82, 2.24) is 4.98 Å². The SMILES string of the molecule is O=c1[nH]c(C(F)F)c(Cl)cc1S(=O)(=O)Cl. The largest absolute Gasteiger partial charge is 0.319 e. The second-order valence-corrected chi connectivity index (χ2v) is 5.40. The second kappa shape index (κ2) is 4.07. The van der Waals surface area contributed by atoms with Crippen LogP contribution in [0.3, 0.4) is 0 Å². The van der Waals surface area contributed by atoms with E-state index in [0.717, 1.165) is 0 Å². The van der Waals surface area contributed by atoms with Gasteiger partial charge in [0, 0.05) is 10.7 Å². The normalized spacial score (nSPS) is 12.1. The van der Waals surface area contributed by atoms with Crippen LogP contribution in [0.25, 0.3) is 0 Å². The molecule has 0 unspecified atom stereocenters. The maximum absolute atomic E-state index is 12.2. The van der Waals surface area contributed by atoms with Gasteiger partial charge >= 0.3 is 0 Å². The number of aromatic amines is 1. The van der Waals surface area contributed by atoms with E-state index in [1.54, 1.807) is 4.98 Å². The van der Waals surface area contributed by atoms with Crippen molar-refractivity contribution >= 4 is 31.3 Å². The Morgan fingerprint density at radius 3 is 2.33 bits per heavy atom. The van der Waals surface area contributed by atoms with Gasteiger partial charge in [-0.1, -0.05) is 11.6 Å². The third kappa shape index (κ3) is 2.67. The number of nitrogens with one attached hydrogen (secondary N) is 1. The number of aromatic nitrogens is 1. The molecule has 0 spiro atoms. The van der Waals surface area contributed by atoms with Crippen LogP contribution in [0.1, 0.15) is 12.1 Å². The lowest BCUT2D eigenvalue weighted by Gasteiger charge is -2.03. The van der Waals surface area contributed by atoms with Gasteiger partial charge < -0.3 is 4.98 Å². The molecule has 0 atom stereocenters. The van der Waals surface area contributed by atoms with E-state index < -0.39 is 36.6 Å². The summed E-state index contributed by atoms with van der Waals surface area (Å²) in [4.78, 5) is 11.8. The van der Waals surface area contributed by atoms with Gasteiger partial charge in [0.1, 0.15) is 10.6 Å². The lowest BCUT2D eigenvalue weighted by molar-refractivity contribution is 0.145. The fraction of sp³-hybridized carbons (Fsp3) is 0.167. The Balaban J connectivity index is 3.53. The number of halogens is 4. The highest BCUT2D eigenvalue weighted by molar-refractivity contribution is 8.13. The van der Waals surface area contributed by atoms with Crippen LogP contribution in [-0.4, -0.2) is 13.4 Å². The van der Waals surface area contributed by atoms with E-state index in [4.69, 9.17) is 22.3 Å². The fourth-order valence-electron chi connectivity index (χ4n) is 0.842. The van der Waals surface area contributed by atoms with Gasteiger partial charge in [-0.05, 0) is 6.07 Å². The number of pyridine rings is 1. The molecule has 0 aromatic carbocycles. The first-order valence-corrected chi connectivity index (χ1v) is 6.07. The van der Waals surface area contributed by atoms with Crippen molar-refractivity contribution in [2.45, 2.75) is 11.3 Å². The van der Waals surface area contributed by atoms with Gasteiger partial charge in [0.15, 0.2) is 0 Å². The first-order valence-electron chi connectivity index (χ1n) is 3.39. The molecule has 15 heavy (non-hydrogen) atoms. The number of H-pyrrole nitrogens is 1. The monoisotopic (exact) mass is 277 g/mol. The molecule has 0 radical (unpaired) electrons. The topological polar surface area (TPSA) is 67.0 Å². The average Bonchev–Trinajstić information content (AvgIpc) is 2.06. The van der Waals surface area contributed by atoms with Crippen molar-refractivity contribution in [3.63, 3.8) is 0 Å². The lowest BCUT2D eigenvalue weighted by Crippen LogP contribution is -2.16. The van der Waals surface area contributed by atoms with E-state index in [2.05, 4.69) is 0 Å². The molecule has 0 fully saturated rings. The van der Waals surface area contributed by atoms with E-state index in [0.29, 0.717) is 6.07 Å². The highest BCUT2D eigenvalue weighted by Gasteiger charge is 2.21. The van der Waals surface area contributed by atoms with Crippen LogP contribution in [0.4, 0.5) is 8.78 Å². The third-order valence-corrected chi connectivity index (χ3v) is 3.11. The van der Waals surface area contributed by atoms with Crippen molar-refractivity contribution in [2.75, 3.05) is 0 Å². The predicted octanol–water partition coefficient (Wildman–Crippen LogP) is 1.89. The molecule has 1 N–H and O–H groups in total. The van der Waals surface area contributed by atoms with Gasteiger partial charge in [0.25, 0.3) is 21.0 Å². The van der Waals surface area contributed by atoms with Gasteiger partial charge in [-0.3, -0.25) is 4.79 Å². The van der Waals surface area contributed by atoms with Gasteiger partial charge in [-0.15, -0.1) is 0 Å². The molecule has 1 aromatic rings. The molecule has 0 aliphatic rings. The average molecular weight is 278 g/mol. The van der Waals surface area contributed by atoms with E-state index in [1.165, 1.54) is 0 Å². The van der Waals surface area contributed by atoms with Crippen molar-refractivity contribution < 1.29 is 17.2 Å². The molecule has 9 heteroatoms. The molecule has 0 amide bonds. The molecule has 1 aromatic heterocycles. The zero-order valence-electron chi connectivity index (χ0n) is 6.80. The van der Waals surface area contributed by atoms with Crippen LogP contribution in [0.5, 0.6) is 0 Å². The molecule has 0 saturated carbocycles. The van der Waals surface area contributed by atoms with Crippen LogP contribution in [0.2, 0.25) is 5.02 Å². The van der Waals surface area contributed by atoms with Crippen molar-refractivity contribution in [3.8, 4) is 0 Å². The number of hydrogen-bond acceptors (Lipinski definition) is 3. The van der Waals surface area contributed by atoms with E-state index in [1.807, 2.05) is 0 Å². The molecule has 1 heterocycles. The van der Waals surface area contributed by atoms with Crippen LogP contribution in [0, 0.1) is 0 Å². The highest BCUT2D eigenvalue weighted by atomic mass is 35.7. The number of rotatable bonds is 2. The van der Waals surface area contributed by atoms with Crippen molar-refractivity contribution in [1.29, 1.82) is 0 Å². The smallest absolute Gasteiger partial charge is 0.279 e.